The normalized spacial score (nSPS) is 25.5. The van der Waals surface area contributed by atoms with E-state index in [1.807, 2.05) is 30.3 Å². The van der Waals surface area contributed by atoms with Gasteiger partial charge in [-0.05, 0) is 31.9 Å². The van der Waals surface area contributed by atoms with E-state index in [1.165, 1.54) is 0 Å². The minimum Gasteiger partial charge on any atom is -0.363 e. The van der Waals surface area contributed by atoms with Gasteiger partial charge >= 0.3 is 0 Å². The van der Waals surface area contributed by atoms with Crippen molar-refractivity contribution < 1.29 is 4.74 Å². The van der Waals surface area contributed by atoms with Gasteiger partial charge in [-0.2, -0.15) is 0 Å². The minimum atomic E-state index is -0.212. The molecule has 1 aromatic carbocycles. The summed E-state index contributed by atoms with van der Waals surface area (Å²) in [6.07, 6.45) is 2.17. The molecule has 0 aromatic heterocycles. The number of rotatable bonds is 0. The lowest BCUT2D eigenvalue weighted by Gasteiger charge is -2.14. The van der Waals surface area contributed by atoms with Crippen LogP contribution in [0.2, 0.25) is 0 Å². The highest BCUT2D eigenvalue weighted by molar-refractivity contribution is 5.35. The van der Waals surface area contributed by atoms with Crippen molar-refractivity contribution in [1.82, 2.24) is 0 Å². The summed E-state index contributed by atoms with van der Waals surface area (Å²) in [5.74, 6) is 6.35. The van der Waals surface area contributed by atoms with Crippen molar-refractivity contribution in [2.24, 2.45) is 0 Å². The van der Waals surface area contributed by atoms with E-state index in [9.17, 15) is 0 Å². The van der Waals surface area contributed by atoms with Gasteiger partial charge in [0, 0.05) is 12.2 Å². The second kappa shape index (κ2) is 3.86. The zero-order chi connectivity index (χ0) is 9.86. The van der Waals surface area contributed by atoms with E-state index < -0.39 is 0 Å². The van der Waals surface area contributed by atoms with Crippen LogP contribution in [0, 0.1) is 11.8 Å². The molecule has 0 radical (unpaired) electrons. The third-order valence-corrected chi connectivity index (χ3v) is 2.46. The average Bonchev–Trinajstić information content (AvgIpc) is 2.65. The van der Waals surface area contributed by atoms with Gasteiger partial charge in [-0.1, -0.05) is 30.0 Å². The molecule has 0 amide bonds. The highest BCUT2D eigenvalue weighted by Gasteiger charge is 2.26. The molecule has 1 unspecified atom stereocenters. The molecule has 1 aromatic rings. The number of ether oxygens (including phenoxy) is 1. The summed E-state index contributed by atoms with van der Waals surface area (Å²) in [6.45, 7) is 2.91. The molecular weight excluding hydrogens is 172 g/mol. The zero-order valence-corrected chi connectivity index (χ0v) is 8.42. The van der Waals surface area contributed by atoms with Gasteiger partial charge in [-0.15, -0.1) is 0 Å². The van der Waals surface area contributed by atoms with Crippen LogP contribution in [0.1, 0.15) is 25.3 Å². The van der Waals surface area contributed by atoms with Crippen LogP contribution in [-0.2, 0) is 4.74 Å². The molecule has 1 heteroatoms. The molecule has 0 N–H and O–H groups in total. The lowest BCUT2D eigenvalue weighted by atomic mass is 10.0. The second-order valence-electron chi connectivity index (χ2n) is 3.80. The maximum Gasteiger partial charge on any atom is 0.126 e. The number of hydrogen-bond donors (Lipinski definition) is 0. The first-order chi connectivity index (χ1) is 6.79. The van der Waals surface area contributed by atoms with E-state index in [4.69, 9.17) is 4.74 Å². The summed E-state index contributed by atoms with van der Waals surface area (Å²) in [5.41, 5.74) is 0.847. The van der Waals surface area contributed by atoms with Crippen LogP contribution in [0.15, 0.2) is 30.3 Å². The summed E-state index contributed by atoms with van der Waals surface area (Å²) in [4.78, 5) is 0. The Morgan fingerprint density at radius 1 is 1.29 bits per heavy atom. The van der Waals surface area contributed by atoms with Gasteiger partial charge in [-0.25, -0.2) is 0 Å². The Labute approximate surface area is 85.1 Å². The highest BCUT2D eigenvalue weighted by Crippen LogP contribution is 2.23. The first kappa shape index (κ1) is 9.30. The molecule has 0 spiro atoms. The lowest BCUT2D eigenvalue weighted by molar-refractivity contribution is 0.0695. The van der Waals surface area contributed by atoms with Gasteiger partial charge < -0.3 is 4.74 Å². The fourth-order valence-electron chi connectivity index (χ4n) is 1.60. The molecule has 1 nitrogen and oxygen atoms in total. The Kier molecular flexibility index (Phi) is 2.56. The zero-order valence-electron chi connectivity index (χ0n) is 8.42. The average molecular weight is 186 g/mol. The predicted octanol–water partition coefficient (Wildman–Crippen LogP) is 2.61. The van der Waals surface area contributed by atoms with Gasteiger partial charge in [0.05, 0.1) is 0 Å². The first-order valence-corrected chi connectivity index (χ1v) is 5.01. The molecular formula is C13H14O. The van der Waals surface area contributed by atoms with Gasteiger partial charge in [0.2, 0.25) is 0 Å². The first-order valence-electron chi connectivity index (χ1n) is 5.01. The largest absolute Gasteiger partial charge is 0.363 e. The molecule has 1 heterocycles. The SMILES string of the molecule is CC1(C#Cc2ccccc2)CCCO1. The Bertz CT molecular complexity index is 350. The molecule has 1 aliphatic heterocycles. The fraction of sp³-hybridized carbons (Fsp3) is 0.385. The predicted molar refractivity (Wildman–Crippen MR) is 56.9 cm³/mol. The maximum atomic E-state index is 5.59. The molecule has 72 valence electrons. The molecule has 1 fully saturated rings. The van der Waals surface area contributed by atoms with Gasteiger partial charge in [-0.3, -0.25) is 0 Å². The Morgan fingerprint density at radius 3 is 2.71 bits per heavy atom. The lowest BCUT2D eigenvalue weighted by Crippen LogP contribution is -2.19. The van der Waals surface area contributed by atoms with Crippen molar-refractivity contribution in [3.05, 3.63) is 35.9 Å². The van der Waals surface area contributed by atoms with Crippen LogP contribution in [0.5, 0.6) is 0 Å². The van der Waals surface area contributed by atoms with Crippen LogP contribution >= 0.6 is 0 Å². The molecule has 1 atom stereocenters. The van der Waals surface area contributed by atoms with Crippen molar-refractivity contribution in [1.29, 1.82) is 0 Å². The van der Waals surface area contributed by atoms with Crippen molar-refractivity contribution in [3.8, 4) is 11.8 Å². The summed E-state index contributed by atoms with van der Waals surface area (Å²) < 4.78 is 5.59. The van der Waals surface area contributed by atoms with Crippen LogP contribution in [0.3, 0.4) is 0 Å². The highest BCUT2D eigenvalue weighted by atomic mass is 16.5. The van der Waals surface area contributed by atoms with Crippen LogP contribution in [-0.4, -0.2) is 12.2 Å². The topological polar surface area (TPSA) is 9.23 Å². The summed E-state index contributed by atoms with van der Waals surface area (Å²) in [7, 11) is 0. The van der Waals surface area contributed by atoms with E-state index in [1.54, 1.807) is 0 Å². The maximum absolute atomic E-state index is 5.59. The smallest absolute Gasteiger partial charge is 0.126 e. The molecule has 1 aliphatic rings. The van der Waals surface area contributed by atoms with Gasteiger partial charge in [0.1, 0.15) is 5.60 Å². The standard InChI is InChI=1S/C13H14O/c1-13(9-5-11-14-13)10-8-12-6-3-2-4-7-12/h2-4,6-7H,5,9,11H2,1H3. The van der Waals surface area contributed by atoms with E-state index in [0.29, 0.717) is 0 Å². The Morgan fingerprint density at radius 2 is 2.07 bits per heavy atom. The Hall–Kier alpha value is -1.26. The van der Waals surface area contributed by atoms with Crippen molar-refractivity contribution in [2.45, 2.75) is 25.4 Å². The molecule has 2 rings (SSSR count). The fourth-order valence-corrected chi connectivity index (χ4v) is 1.60. The van der Waals surface area contributed by atoms with Crippen molar-refractivity contribution >= 4 is 0 Å². The van der Waals surface area contributed by atoms with E-state index in [0.717, 1.165) is 25.0 Å². The van der Waals surface area contributed by atoms with Crippen LogP contribution in [0.25, 0.3) is 0 Å². The van der Waals surface area contributed by atoms with Crippen molar-refractivity contribution in [3.63, 3.8) is 0 Å². The number of hydrogen-bond acceptors (Lipinski definition) is 1. The van der Waals surface area contributed by atoms with E-state index in [-0.39, 0.29) is 5.60 Å². The third kappa shape index (κ3) is 2.16. The monoisotopic (exact) mass is 186 g/mol. The molecule has 0 bridgehead atoms. The van der Waals surface area contributed by atoms with Gasteiger partial charge in [0.15, 0.2) is 0 Å². The quantitative estimate of drug-likeness (QED) is 0.566. The number of benzene rings is 1. The van der Waals surface area contributed by atoms with E-state index >= 15 is 0 Å². The molecule has 0 saturated carbocycles. The van der Waals surface area contributed by atoms with Crippen LogP contribution in [0.4, 0.5) is 0 Å². The molecule has 14 heavy (non-hydrogen) atoms. The third-order valence-electron chi connectivity index (χ3n) is 2.46. The summed E-state index contributed by atoms with van der Waals surface area (Å²) in [5, 5.41) is 0. The molecule has 0 aliphatic carbocycles. The van der Waals surface area contributed by atoms with Crippen LogP contribution < -0.4 is 0 Å². The Balaban J connectivity index is 2.14. The summed E-state index contributed by atoms with van der Waals surface area (Å²) >= 11 is 0. The minimum absolute atomic E-state index is 0.212. The second-order valence-corrected chi connectivity index (χ2v) is 3.80. The van der Waals surface area contributed by atoms with E-state index in [2.05, 4.69) is 18.8 Å². The molecule has 1 saturated heterocycles. The summed E-state index contributed by atoms with van der Waals surface area (Å²) in [6, 6.07) is 10.0. The van der Waals surface area contributed by atoms with Gasteiger partial charge in [0.25, 0.3) is 0 Å². The van der Waals surface area contributed by atoms with Crippen molar-refractivity contribution in [2.75, 3.05) is 6.61 Å².